The molecule has 0 heterocycles. The van der Waals surface area contributed by atoms with E-state index in [0.717, 1.165) is 31.2 Å². The zero-order valence-corrected chi connectivity index (χ0v) is 10.2. The Kier molecular flexibility index (Phi) is 3.53. The van der Waals surface area contributed by atoms with Crippen LogP contribution in [0.1, 0.15) is 37.4 Å². The minimum Gasteiger partial charge on any atom is -0.385 e. The second-order valence-electron chi connectivity index (χ2n) is 4.43. The molecule has 2 nitrogen and oxygen atoms in total. The van der Waals surface area contributed by atoms with Crippen molar-refractivity contribution in [3.8, 4) is 0 Å². The van der Waals surface area contributed by atoms with Crippen LogP contribution < -0.4 is 0 Å². The number of rotatable bonds is 3. The van der Waals surface area contributed by atoms with E-state index in [0.29, 0.717) is 5.02 Å². The lowest BCUT2D eigenvalue weighted by Gasteiger charge is -2.33. The summed E-state index contributed by atoms with van der Waals surface area (Å²) in [7, 11) is 1.68. The molecular formula is C13H17ClO2. The molecule has 1 N–H and O–H groups in total. The van der Waals surface area contributed by atoms with E-state index < -0.39 is 11.7 Å². The van der Waals surface area contributed by atoms with Gasteiger partial charge >= 0.3 is 0 Å². The Labute approximate surface area is 101 Å². The molecule has 2 rings (SSSR count). The van der Waals surface area contributed by atoms with Crippen molar-refractivity contribution in [3.05, 3.63) is 34.9 Å². The SMILES string of the molecule is COC1(C(O)c2cccc(Cl)c2)CCCC1. The predicted molar refractivity (Wildman–Crippen MR) is 64.6 cm³/mol. The third-order valence-corrected chi connectivity index (χ3v) is 3.75. The quantitative estimate of drug-likeness (QED) is 0.878. The van der Waals surface area contributed by atoms with Gasteiger partial charge in [0.2, 0.25) is 0 Å². The van der Waals surface area contributed by atoms with Crippen molar-refractivity contribution in [2.45, 2.75) is 37.4 Å². The lowest BCUT2D eigenvalue weighted by molar-refractivity contribution is -0.100. The average molecular weight is 241 g/mol. The van der Waals surface area contributed by atoms with Gasteiger partial charge in [0, 0.05) is 12.1 Å². The number of methoxy groups -OCH3 is 1. The Morgan fingerprint density at radius 1 is 1.38 bits per heavy atom. The van der Waals surface area contributed by atoms with Gasteiger partial charge in [-0.3, -0.25) is 0 Å². The summed E-state index contributed by atoms with van der Waals surface area (Å²) < 4.78 is 5.56. The highest BCUT2D eigenvalue weighted by Crippen LogP contribution is 2.42. The van der Waals surface area contributed by atoms with Crippen molar-refractivity contribution in [2.24, 2.45) is 0 Å². The Morgan fingerprint density at radius 3 is 2.62 bits per heavy atom. The maximum absolute atomic E-state index is 10.4. The van der Waals surface area contributed by atoms with Crippen molar-refractivity contribution in [1.29, 1.82) is 0 Å². The van der Waals surface area contributed by atoms with E-state index in [1.54, 1.807) is 7.11 Å². The molecule has 3 heteroatoms. The molecule has 0 aliphatic heterocycles. The smallest absolute Gasteiger partial charge is 0.108 e. The molecule has 0 saturated heterocycles. The summed E-state index contributed by atoms with van der Waals surface area (Å²) >= 11 is 5.93. The number of aliphatic hydroxyl groups is 1. The summed E-state index contributed by atoms with van der Waals surface area (Å²) in [6.45, 7) is 0. The molecule has 0 aromatic heterocycles. The van der Waals surface area contributed by atoms with Gasteiger partial charge in [-0.05, 0) is 30.5 Å². The molecule has 1 aliphatic carbocycles. The monoisotopic (exact) mass is 240 g/mol. The van der Waals surface area contributed by atoms with Gasteiger partial charge in [0.1, 0.15) is 6.10 Å². The zero-order valence-electron chi connectivity index (χ0n) is 9.45. The lowest BCUT2D eigenvalue weighted by Crippen LogP contribution is -2.35. The Bertz CT molecular complexity index is 359. The third-order valence-electron chi connectivity index (χ3n) is 3.52. The number of hydrogen-bond acceptors (Lipinski definition) is 2. The van der Waals surface area contributed by atoms with Gasteiger partial charge in [-0.15, -0.1) is 0 Å². The largest absolute Gasteiger partial charge is 0.385 e. The molecule has 0 bridgehead atoms. The first-order chi connectivity index (χ1) is 7.68. The maximum atomic E-state index is 10.4. The van der Waals surface area contributed by atoms with E-state index in [2.05, 4.69) is 0 Å². The molecule has 88 valence electrons. The third kappa shape index (κ3) is 2.10. The van der Waals surface area contributed by atoms with E-state index in [1.807, 2.05) is 24.3 Å². The van der Waals surface area contributed by atoms with Gasteiger partial charge < -0.3 is 9.84 Å². The summed E-state index contributed by atoms with van der Waals surface area (Å²) in [5.74, 6) is 0. The molecule has 1 fully saturated rings. The molecule has 1 aromatic rings. The van der Waals surface area contributed by atoms with Gasteiger partial charge in [-0.1, -0.05) is 36.6 Å². The molecule has 0 spiro atoms. The minimum absolute atomic E-state index is 0.412. The molecule has 1 unspecified atom stereocenters. The summed E-state index contributed by atoms with van der Waals surface area (Å²) in [5, 5.41) is 11.1. The van der Waals surface area contributed by atoms with Gasteiger partial charge in [0.05, 0.1) is 5.60 Å². The van der Waals surface area contributed by atoms with Crippen LogP contribution in [-0.2, 0) is 4.74 Å². The minimum atomic E-state index is -0.585. The first kappa shape index (κ1) is 11.9. The Hall–Kier alpha value is -0.570. The van der Waals surface area contributed by atoms with Crippen LogP contribution in [0, 0.1) is 0 Å². The fraction of sp³-hybridized carbons (Fsp3) is 0.538. The number of hydrogen-bond donors (Lipinski definition) is 1. The number of halogens is 1. The topological polar surface area (TPSA) is 29.5 Å². The van der Waals surface area contributed by atoms with Gasteiger partial charge in [-0.25, -0.2) is 0 Å². The van der Waals surface area contributed by atoms with E-state index >= 15 is 0 Å². The standard InChI is InChI=1S/C13H17ClO2/c1-16-13(7-2-3-8-13)12(15)10-5-4-6-11(14)9-10/h4-6,9,12,15H,2-3,7-8H2,1H3. The van der Waals surface area contributed by atoms with Crippen LogP contribution in [0.5, 0.6) is 0 Å². The summed E-state index contributed by atoms with van der Waals surface area (Å²) in [6, 6.07) is 7.38. The van der Waals surface area contributed by atoms with Crippen molar-refractivity contribution < 1.29 is 9.84 Å². The molecule has 0 radical (unpaired) electrons. The van der Waals surface area contributed by atoms with E-state index in [1.165, 1.54) is 0 Å². The second kappa shape index (κ2) is 4.74. The molecule has 1 aromatic carbocycles. The highest BCUT2D eigenvalue weighted by atomic mass is 35.5. The van der Waals surface area contributed by atoms with Gasteiger partial charge in [-0.2, -0.15) is 0 Å². The summed E-state index contributed by atoms with van der Waals surface area (Å²) in [4.78, 5) is 0. The summed E-state index contributed by atoms with van der Waals surface area (Å²) in [6.07, 6.45) is 3.48. The molecule has 1 atom stereocenters. The zero-order chi connectivity index (χ0) is 11.6. The van der Waals surface area contributed by atoms with Crippen LogP contribution in [0.25, 0.3) is 0 Å². The first-order valence-electron chi connectivity index (χ1n) is 5.67. The van der Waals surface area contributed by atoms with Crippen LogP contribution in [0.2, 0.25) is 5.02 Å². The normalized spacial score (nSPS) is 20.9. The number of benzene rings is 1. The van der Waals surface area contributed by atoms with Crippen molar-refractivity contribution in [1.82, 2.24) is 0 Å². The Morgan fingerprint density at radius 2 is 2.06 bits per heavy atom. The Balaban J connectivity index is 2.26. The van der Waals surface area contributed by atoms with Crippen molar-refractivity contribution >= 4 is 11.6 Å². The fourth-order valence-corrected chi connectivity index (χ4v) is 2.74. The van der Waals surface area contributed by atoms with Gasteiger partial charge in [0.25, 0.3) is 0 Å². The van der Waals surface area contributed by atoms with Crippen molar-refractivity contribution in [2.75, 3.05) is 7.11 Å². The van der Waals surface area contributed by atoms with E-state index in [4.69, 9.17) is 16.3 Å². The van der Waals surface area contributed by atoms with Crippen LogP contribution in [0.3, 0.4) is 0 Å². The second-order valence-corrected chi connectivity index (χ2v) is 4.87. The fourth-order valence-electron chi connectivity index (χ4n) is 2.54. The van der Waals surface area contributed by atoms with E-state index in [9.17, 15) is 5.11 Å². The van der Waals surface area contributed by atoms with Crippen LogP contribution in [0.4, 0.5) is 0 Å². The maximum Gasteiger partial charge on any atom is 0.108 e. The lowest BCUT2D eigenvalue weighted by atomic mass is 9.89. The van der Waals surface area contributed by atoms with Crippen LogP contribution >= 0.6 is 11.6 Å². The highest BCUT2D eigenvalue weighted by Gasteiger charge is 2.41. The predicted octanol–water partition coefficient (Wildman–Crippen LogP) is 3.33. The number of aliphatic hydroxyl groups excluding tert-OH is 1. The van der Waals surface area contributed by atoms with Gasteiger partial charge in [0.15, 0.2) is 0 Å². The molecule has 0 amide bonds. The van der Waals surface area contributed by atoms with Crippen LogP contribution in [0.15, 0.2) is 24.3 Å². The molecule has 1 aliphatic rings. The summed E-state index contributed by atoms with van der Waals surface area (Å²) in [5.41, 5.74) is 0.432. The molecule has 16 heavy (non-hydrogen) atoms. The molecule has 1 saturated carbocycles. The first-order valence-corrected chi connectivity index (χ1v) is 6.04. The number of ether oxygens (including phenoxy) is 1. The van der Waals surface area contributed by atoms with E-state index in [-0.39, 0.29) is 0 Å². The highest BCUT2D eigenvalue weighted by molar-refractivity contribution is 6.30. The van der Waals surface area contributed by atoms with Crippen LogP contribution in [-0.4, -0.2) is 17.8 Å². The van der Waals surface area contributed by atoms with Crippen molar-refractivity contribution in [3.63, 3.8) is 0 Å². The molecular weight excluding hydrogens is 224 g/mol. The average Bonchev–Trinajstić information content (AvgIpc) is 2.78.